The Morgan fingerprint density at radius 1 is 0.852 bits per heavy atom. The van der Waals surface area contributed by atoms with Crippen LogP contribution in [0.5, 0.6) is 11.5 Å². The quantitative estimate of drug-likeness (QED) is 0.746. The Morgan fingerprint density at radius 2 is 1.56 bits per heavy atom. The number of fused-ring (bicyclic) bond motifs is 1. The Morgan fingerprint density at radius 3 is 2.30 bits per heavy atom. The van der Waals surface area contributed by atoms with Gasteiger partial charge in [0.2, 0.25) is 0 Å². The van der Waals surface area contributed by atoms with Crippen molar-refractivity contribution in [2.24, 2.45) is 0 Å². The van der Waals surface area contributed by atoms with Gasteiger partial charge in [-0.05, 0) is 42.0 Å². The van der Waals surface area contributed by atoms with Gasteiger partial charge in [0.15, 0.2) is 0 Å². The molecule has 5 heteroatoms. The fourth-order valence-electron chi connectivity index (χ4n) is 3.35. The number of nitrogens with zero attached hydrogens (tertiary/aromatic N) is 1. The molecular formula is C22H20N2O3. The first kappa shape index (κ1) is 17.0. The molecule has 0 unspecified atom stereocenters. The Bertz CT molecular complexity index is 969. The van der Waals surface area contributed by atoms with Crippen molar-refractivity contribution in [2.45, 2.75) is 6.17 Å². The van der Waals surface area contributed by atoms with Gasteiger partial charge in [-0.3, -0.25) is 9.69 Å². The highest BCUT2D eigenvalue weighted by Crippen LogP contribution is 2.40. The second-order valence-corrected chi connectivity index (χ2v) is 6.21. The summed E-state index contributed by atoms with van der Waals surface area (Å²) < 4.78 is 10.8. The van der Waals surface area contributed by atoms with Gasteiger partial charge in [-0.25, -0.2) is 0 Å². The number of carbonyl (C=O) groups excluding carboxylic acids is 1. The van der Waals surface area contributed by atoms with Gasteiger partial charge < -0.3 is 14.8 Å². The minimum absolute atomic E-state index is 0.0744. The molecule has 1 heterocycles. The van der Waals surface area contributed by atoms with Crippen LogP contribution in [0.4, 0.5) is 11.4 Å². The zero-order chi connectivity index (χ0) is 18.8. The van der Waals surface area contributed by atoms with E-state index in [9.17, 15) is 4.79 Å². The van der Waals surface area contributed by atoms with Crippen LogP contribution in [0, 0.1) is 0 Å². The molecule has 0 fully saturated rings. The average Bonchev–Trinajstić information content (AvgIpc) is 2.74. The van der Waals surface area contributed by atoms with E-state index in [1.54, 1.807) is 19.1 Å². The van der Waals surface area contributed by atoms with Crippen molar-refractivity contribution in [3.05, 3.63) is 83.9 Å². The first-order chi connectivity index (χ1) is 13.2. The first-order valence-corrected chi connectivity index (χ1v) is 8.69. The second-order valence-electron chi connectivity index (χ2n) is 6.21. The molecule has 3 aromatic rings. The Kier molecular flexibility index (Phi) is 4.42. The van der Waals surface area contributed by atoms with Crippen molar-refractivity contribution in [1.29, 1.82) is 0 Å². The van der Waals surface area contributed by atoms with Crippen LogP contribution >= 0.6 is 0 Å². The molecule has 4 rings (SSSR count). The third-order valence-electron chi connectivity index (χ3n) is 4.70. The standard InChI is InChI=1S/C22H20N2O3/c1-26-16-13-11-15(12-14-16)21-23-18-8-4-3-7-17(18)22(25)24(21)19-9-5-6-10-20(19)27-2/h3-14,21,23H,1-2H3/t21-/m0/s1. The third kappa shape index (κ3) is 2.97. The van der Waals surface area contributed by atoms with Gasteiger partial charge in [-0.15, -0.1) is 0 Å². The van der Waals surface area contributed by atoms with Gasteiger partial charge >= 0.3 is 0 Å². The van der Waals surface area contributed by atoms with E-state index in [2.05, 4.69) is 5.32 Å². The first-order valence-electron chi connectivity index (χ1n) is 8.69. The second kappa shape index (κ2) is 7.03. The van der Waals surface area contributed by atoms with Gasteiger partial charge in [-0.2, -0.15) is 0 Å². The maximum atomic E-state index is 13.4. The molecule has 0 spiro atoms. The number of hydrogen-bond acceptors (Lipinski definition) is 4. The van der Waals surface area contributed by atoms with Crippen LogP contribution in [0.25, 0.3) is 0 Å². The molecule has 136 valence electrons. The van der Waals surface area contributed by atoms with Crippen LogP contribution < -0.4 is 19.7 Å². The van der Waals surface area contributed by atoms with Crippen molar-refractivity contribution >= 4 is 17.3 Å². The van der Waals surface area contributed by atoms with Crippen molar-refractivity contribution in [1.82, 2.24) is 0 Å². The van der Waals surface area contributed by atoms with Gasteiger partial charge in [0.25, 0.3) is 5.91 Å². The lowest BCUT2D eigenvalue weighted by Gasteiger charge is -2.38. The monoisotopic (exact) mass is 360 g/mol. The summed E-state index contributed by atoms with van der Waals surface area (Å²) in [6.07, 6.45) is -0.366. The van der Waals surface area contributed by atoms with Gasteiger partial charge in [0, 0.05) is 5.69 Å². The summed E-state index contributed by atoms with van der Waals surface area (Å²) in [5.74, 6) is 1.34. The SMILES string of the molecule is COc1ccc([C@H]2Nc3ccccc3C(=O)N2c2ccccc2OC)cc1. The molecule has 27 heavy (non-hydrogen) atoms. The number of benzene rings is 3. The van der Waals surface area contributed by atoms with E-state index in [0.717, 1.165) is 17.0 Å². The molecule has 1 N–H and O–H groups in total. The number of nitrogens with one attached hydrogen (secondary N) is 1. The Balaban J connectivity index is 1.86. The molecule has 0 radical (unpaired) electrons. The molecule has 1 aliphatic heterocycles. The zero-order valence-electron chi connectivity index (χ0n) is 15.2. The van der Waals surface area contributed by atoms with E-state index in [0.29, 0.717) is 17.0 Å². The van der Waals surface area contributed by atoms with E-state index < -0.39 is 0 Å². The molecule has 5 nitrogen and oxygen atoms in total. The predicted octanol–water partition coefficient (Wildman–Crippen LogP) is 4.47. The smallest absolute Gasteiger partial charge is 0.262 e. The molecule has 1 aliphatic rings. The predicted molar refractivity (Wildman–Crippen MR) is 106 cm³/mol. The highest BCUT2D eigenvalue weighted by Gasteiger charge is 2.35. The van der Waals surface area contributed by atoms with Crippen molar-refractivity contribution in [2.75, 3.05) is 24.4 Å². The Labute approximate surface area is 158 Å². The molecule has 0 bridgehead atoms. The molecule has 1 atom stereocenters. The fourth-order valence-corrected chi connectivity index (χ4v) is 3.35. The summed E-state index contributed by atoms with van der Waals surface area (Å²) in [4.78, 5) is 15.1. The molecule has 3 aromatic carbocycles. The van der Waals surface area contributed by atoms with E-state index in [1.807, 2.05) is 72.8 Å². The van der Waals surface area contributed by atoms with Crippen molar-refractivity contribution in [3.8, 4) is 11.5 Å². The minimum atomic E-state index is -0.366. The lowest BCUT2D eigenvalue weighted by atomic mass is 10.0. The van der Waals surface area contributed by atoms with Gasteiger partial charge in [0.1, 0.15) is 17.7 Å². The van der Waals surface area contributed by atoms with Gasteiger partial charge in [0.05, 0.1) is 25.5 Å². The maximum absolute atomic E-state index is 13.4. The Hall–Kier alpha value is -3.47. The van der Waals surface area contributed by atoms with Crippen LogP contribution in [0.15, 0.2) is 72.8 Å². The van der Waals surface area contributed by atoms with E-state index >= 15 is 0 Å². The summed E-state index contributed by atoms with van der Waals surface area (Å²) in [6.45, 7) is 0. The highest BCUT2D eigenvalue weighted by molar-refractivity contribution is 6.12. The summed E-state index contributed by atoms with van der Waals surface area (Å²) in [5.41, 5.74) is 3.11. The number of amides is 1. The summed E-state index contributed by atoms with van der Waals surface area (Å²) in [6, 6.07) is 22.8. The number of methoxy groups -OCH3 is 2. The number of hydrogen-bond donors (Lipinski definition) is 1. The van der Waals surface area contributed by atoms with Crippen LogP contribution in [-0.4, -0.2) is 20.1 Å². The third-order valence-corrected chi connectivity index (χ3v) is 4.70. The fraction of sp³-hybridized carbons (Fsp3) is 0.136. The summed E-state index contributed by atoms with van der Waals surface area (Å²) in [7, 11) is 3.24. The number of anilines is 2. The maximum Gasteiger partial charge on any atom is 0.262 e. The van der Waals surface area contributed by atoms with Gasteiger partial charge in [-0.1, -0.05) is 36.4 Å². The van der Waals surface area contributed by atoms with Crippen LogP contribution in [-0.2, 0) is 0 Å². The molecular weight excluding hydrogens is 340 g/mol. The number of para-hydroxylation sites is 3. The van der Waals surface area contributed by atoms with Crippen LogP contribution in [0.1, 0.15) is 22.1 Å². The summed E-state index contributed by atoms with van der Waals surface area (Å²) >= 11 is 0. The van der Waals surface area contributed by atoms with E-state index in [1.165, 1.54) is 0 Å². The van der Waals surface area contributed by atoms with E-state index in [4.69, 9.17) is 9.47 Å². The molecule has 0 aromatic heterocycles. The minimum Gasteiger partial charge on any atom is -0.497 e. The van der Waals surface area contributed by atoms with Crippen LogP contribution in [0.3, 0.4) is 0 Å². The lowest BCUT2D eigenvalue weighted by Crippen LogP contribution is -2.43. The number of ether oxygens (including phenoxy) is 2. The number of carbonyl (C=O) groups is 1. The highest BCUT2D eigenvalue weighted by atomic mass is 16.5. The lowest BCUT2D eigenvalue weighted by molar-refractivity contribution is 0.0974. The normalized spacial score (nSPS) is 15.7. The van der Waals surface area contributed by atoms with Crippen molar-refractivity contribution < 1.29 is 14.3 Å². The number of rotatable bonds is 4. The average molecular weight is 360 g/mol. The van der Waals surface area contributed by atoms with E-state index in [-0.39, 0.29) is 12.1 Å². The summed E-state index contributed by atoms with van der Waals surface area (Å²) in [5, 5.41) is 3.49. The molecule has 1 amide bonds. The largest absolute Gasteiger partial charge is 0.497 e. The topological polar surface area (TPSA) is 50.8 Å². The zero-order valence-corrected chi connectivity index (χ0v) is 15.2. The van der Waals surface area contributed by atoms with Crippen molar-refractivity contribution in [3.63, 3.8) is 0 Å². The molecule has 0 saturated heterocycles. The molecule has 0 aliphatic carbocycles. The van der Waals surface area contributed by atoms with Crippen LogP contribution in [0.2, 0.25) is 0 Å². The molecule has 0 saturated carbocycles.